The molecule has 0 N–H and O–H groups in total. The van der Waals surface area contributed by atoms with E-state index in [4.69, 9.17) is 0 Å². The van der Waals surface area contributed by atoms with E-state index in [-0.39, 0.29) is 30.2 Å². The number of allylic oxidation sites excluding steroid dienone is 8. The topological polar surface area (TPSA) is 0 Å². The molecule has 0 unspecified atom stereocenters. The summed E-state index contributed by atoms with van der Waals surface area (Å²) < 4.78 is 1.51. The Morgan fingerprint density at radius 1 is 1.20 bits per heavy atom. The van der Waals surface area contributed by atoms with Crippen molar-refractivity contribution in [1.29, 1.82) is 0 Å². The second kappa shape index (κ2) is 9.34. The molecule has 0 saturated carbocycles. The van der Waals surface area contributed by atoms with Crippen LogP contribution in [-0.4, -0.2) is 3.21 Å². The summed E-state index contributed by atoms with van der Waals surface area (Å²) in [6, 6.07) is 0. The van der Waals surface area contributed by atoms with Crippen molar-refractivity contribution in [2.75, 3.05) is 0 Å². The maximum absolute atomic E-state index is 3.61. The third kappa shape index (κ3) is 5.96. The van der Waals surface area contributed by atoms with Gasteiger partial charge in [-0.3, -0.25) is 0 Å². The van der Waals surface area contributed by atoms with E-state index in [2.05, 4.69) is 65.8 Å². The molecule has 0 radical (unpaired) electrons. The van der Waals surface area contributed by atoms with Crippen molar-refractivity contribution < 1.29 is 49.0 Å². The third-order valence-corrected chi connectivity index (χ3v) is 3.40. The molecule has 0 aromatic rings. The van der Waals surface area contributed by atoms with Gasteiger partial charge >= 0.3 is 41.3 Å². The first-order chi connectivity index (χ1) is 8.25. The molecule has 0 bridgehead atoms. The molecule has 0 aromatic carbocycles. The van der Waals surface area contributed by atoms with E-state index in [1.54, 1.807) is 24.2 Å². The average Bonchev–Trinajstić information content (AvgIpc) is 2.81. The van der Waals surface area contributed by atoms with Gasteiger partial charge in [-0.1, -0.05) is 51.7 Å². The van der Waals surface area contributed by atoms with Crippen molar-refractivity contribution in [3.63, 3.8) is 0 Å². The fourth-order valence-corrected chi connectivity index (χ4v) is 2.11. The molecular formula is C17H23Cl2Zr-. The molecule has 0 aromatic heterocycles. The molecular weight excluding hydrogens is 366 g/mol. The van der Waals surface area contributed by atoms with Gasteiger partial charge in [0, 0.05) is 0 Å². The largest absolute Gasteiger partial charge is 1.00 e. The van der Waals surface area contributed by atoms with Crippen molar-refractivity contribution in [3.05, 3.63) is 46.6 Å². The second-order valence-electron chi connectivity index (χ2n) is 5.70. The Morgan fingerprint density at radius 2 is 1.70 bits per heavy atom. The van der Waals surface area contributed by atoms with Crippen LogP contribution in [0.3, 0.4) is 0 Å². The van der Waals surface area contributed by atoms with Gasteiger partial charge in [0.2, 0.25) is 0 Å². The minimum atomic E-state index is 0. The average molecular weight is 390 g/mol. The predicted molar refractivity (Wildman–Crippen MR) is 77.1 cm³/mol. The fraction of sp³-hybridized carbons (Fsp3) is 0.471. The van der Waals surface area contributed by atoms with E-state index in [0.29, 0.717) is 0 Å². The van der Waals surface area contributed by atoms with Gasteiger partial charge in [0.1, 0.15) is 0 Å². The van der Waals surface area contributed by atoms with Gasteiger partial charge in [0.25, 0.3) is 0 Å². The quantitative estimate of drug-likeness (QED) is 0.491. The predicted octanol–water partition coefficient (Wildman–Crippen LogP) is -1.27. The van der Waals surface area contributed by atoms with Crippen LogP contribution in [0.2, 0.25) is 0 Å². The Hall–Kier alpha value is 0.293. The Morgan fingerprint density at radius 3 is 2.00 bits per heavy atom. The molecule has 0 atom stereocenters. The van der Waals surface area contributed by atoms with Gasteiger partial charge in [-0.25, -0.2) is 0 Å². The molecule has 0 fully saturated rings. The Labute approximate surface area is 151 Å². The first kappa shape index (κ1) is 22.6. The first-order valence-corrected chi connectivity index (χ1v) is 7.70. The SMILES string of the molecule is CC1=C(C)C(C)(C)[C-]=C1C1=CC=CC1.C[C](C)=[Zr+2].[Cl-].[Cl-]. The molecule has 2 aliphatic rings. The Balaban J connectivity index is 0. The van der Waals surface area contributed by atoms with E-state index < -0.39 is 0 Å². The van der Waals surface area contributed by atoms with Crippen LogP contribution in [0.1, 0.15) is 48.0 Å². The molecule has 0 heterocycles. The van der Waals surface area contributed by atoms with E-state index in [1.807, 2.05) is 0 Å². The Bertz CT molecular complexity index is 473. The monoisotopic (exact) mass is 387 g/mol. The van der Waals surface area contributed by atoms with Gasteiger partial charge in [0.15, 0.2) is 0 Å². The Kier molecular flexibility index (Phi) is 10.5. The molecule has 0 saturated heterocycles. The summed E-state index contributed by atoms with van der Waals surface area (Å²) in [5.41, 5.74) is 5.78. The van der Waals surface area contributed by atoms with Gasteiger partial charge in [0.05, 0.1) is 0 Å². The van der Waals surface area contributed by atoms with Crippen LogP contribution in [0.4, 0.5) is 0 Å². The second-order valence-corrected chi connectivity index (χ2v) is 8.16. The van der Waals surface area contributed by atoms with Crippen LogP contribution in [0, 0.1) is 11.5 Å². The number of rotatable bonds is 1. The molecule has 20 heavy (non-hydrogen) atoms. The van der Waals surface area contributed by atoms with E-state index in [1.165, 1.54) is 25.5 Å². The summed E-state index contributed by atoms with van der Waals surface area (Å²) in [4.78, 5) is 0. The molecule has 3 heteroatoms. The van der Waals surface area contributed by atoms with Crippen LogP contribution in [0.25, 0.3) is 0 Å². The van der Waals surface area contributed by atoms with E-state index >= 15 is 0 Å². The van der Waals surface area contributed by atoms with Crippen LogP contribution < -0.4 is 24.8 Å². The van der Waals surface area contributed by atoms with E-state index in [9.17, 15) is 0 Å². The summed E-state index contributed by atoms with van der Waals surface area (Å²) in [5.74, 6) is 0. The fourth-order valence-electron chi connectivity index (χ4n) is 2.11. The van der Waals surface area contributed by atoms with Crippen LogP contribution in [0.5, 0.6) is 0 Å². The van der Waals surface area contributed by atoms with Gasteiger partial charge in [-0.15, -0.1) is 17.2 Å². The number of halogens is 2. The van der Waals surface area contributed by atoms with Crippen molar-refractivity contribution in [2.45, 2.75) is 48.0 Å². The van der Waals surface area contributed by atoms with Crippen molar-refractivity contribution in [3.8, 4) is 0 Å². The summed E-state index contributed by atoms with van der Waals surface area (Å²) in [6.45, 7) is 13.2. The van der Waals surface area contributed by atoms with Crippen LogP contribution in [0.15, 0.2) is 40.5 Å². The van der Waals surface area contributed by atoms with Gasteiger partial charge in [-0.05, 0) is 0 Å². The smallest absolute Gasteiger partial charge is 1.00 e. The minimum Gasteiger partial charge on any atom is -1.00 e. The summed E-state index contributed by atoms with van der Waals surface area (Å²) in [5, 5.41) is 0. The van der Waals surface area contributed by atoms with Crippen LogP contribution >= 0.6 is 0 Å². The molecule has 0 spiro atoms. The zero-order valence-electron chi connectivity index (χ0n) is 13.2. The molecule has 0 amide bonds. The number of hydrogen-bond donors (Lipinski definition) is 0. The van der Waals surface area contributed by atoms with Gasteiger partial charge in [-0.2, -0.15) is 17.2 Å². The third-order valence-electron chi connectivity index (χ3n) is 3.40. The molecule has 2 rings (SSSR count). The zero-order chi connectivity index (χ0) is 13.9. The standard InChI is InChI=1S/C14H17.C3H6.2ClH.Zr/c1-10-11(2)14(3,4)9-13(10)12-7-5-6-8-12;1-3-2;;;/h5-7H,8H2,1-4H3;1-2H3;2*1H;/q-1;;;;+2/p-2. The maximum atomic E-state index is 3.61. The first-order valence-electron chi connectivity index (χ1n) is 6.47. The molecule has 2 aliphatic carbocycles. The zero-order valence-corrected chi connectivity index (χ0v) is 17.2. The van der Waals surface area contributed by atoms with Crippen LogP contribution in [-0.2, 0) is 24.2 Å². The van der Waals surface area contributed by atoms with Crippen molar-refractivity contribution >= 4 is 3.21 Å². The normalized spacial score (nSPS) is 18.4. The summed E-state index contributed by atoms with van der Waals surface area (Å²) in [7, 11) is 0. The van der Waals surface area contributed by atoms with Gasteiger partial charge < -0.3 is 24.8 Å². The number of hydrogen-bond acceptors (Lipinski definition) is 0. The van der Waals surface area contributed by atoms with Crippen molar-refractivity contribution in [1.82, 2.24) is 0 Å². The van der Waals surface area contributed by atoms with E-state index in [0.717, 1.165) is 6.42 Å². The molecule has 110 valence electrons. The maximum Gasteiger partial charge on any atom is -1.00 e. The molecule has 0 aliphatic heterocycles. The summed E-state index contributed by atoms with van der Waals surface area (Å²) in [6.07, 6.45) is 11.2. The molecule has 0 nitrogen and oxygen atoms in total. The van der Waals surface area contributed by atoms with Crippen molar-refractivity contribution in [2.24, 2.45) is 5.41 Å². The minimum absolute atomic E-state index is 0. The summed E-state index contributed by atoms with van der Waals surface area (Å²) >= 11 is 1.55.